The molecule has 1 aliphatic heterocycles. The Hall–Kier alpha value is -0.340. The molecular formula is C9H18N2. The Morgan fingerprint density at radius 1 is 1.64 bits per heavy atom. The number of nitrogens with two attached hydrogens (primary N) is 1. The average Bonchev–Trinajstić information content (AvgIpc) is 2.37. The van der Waals surface area contributed by atoms with Crippen LogP contribution >= 0.6 is 0 Å². The van der Waals surface area contributed by atoms with Crippen molar-refractivity contribution in [1.29, 1.82) is 0 Å². The van der Waals surface area contributed by atoms with Gasteiger partial charge in [-0.25, -0.2) is 0 Å². The monoisotopic (exact) mass is 154 g/mol. The lowest BCUT2D eigenvalue weighted by molar-refractivity contribution is 0.330. The van der Waals surface area contributed by atoms with E-state index in [4.69, 9.17) is 5.73 Å². The zero-order chi connectivity index (χ0) is 8.10. The molecule has 0 aromatic carbocycles. The van der Waals surface area contributed by atoms with Gasteiger partial charge in [0.25, 0.3) is 0 Å². The fourth-order valence-electron chi connectivity index (χ4n) is 1.52. The zero-order valence-electron chi connectivity index (χ0n) is 7.13. The molecule has 11 heavy (non-hydrogen) atoms. The number of allylic oxidation sites excluding steroid dienone is 1. The molecule has 2 N–H and O–H groups in total. The minimum atomic E-state index is 0.429. The first-order valence-electron chi connectivity index (χ1n) is 4.42. The number of rotatable bonds is 4. The van der Waals surface area contributed by atoms with E-state index in [-0.39, 0.29) is 0 Å². The normalized spacial score (nSPS) is 25.7. The van der Waals surface area contributed by atoms with Gasteiger partial charge in [-0.1, -0.05) is 6.08 Å². The van der Waals surface area contributed by atoms with Gasteiger partial charge < -0.3 is 10.6 Å². The molecule has 1 saturated heterocycles. The van der Waals surface area contributed by atoms with Gasteiger partial charge in [-0.05, 0) is 32.4 Å². The SMILES string of the molecule is C=CCCCN1CCC(N)C1. The highest BCUT2D eigenvalue weighted by Crippen LogP contribution is 2.07. The molecule has 0 bridgehead atoms. The highest BCUT2D eigenvalue weighted by molar-refractivity contribution is 4.78. The van der Waals surface area contributed by atoms with E-state index < -0.39 is 0 Å². The highest BCUT2D eigenvalue weighted by atomic mass is 15.2. The van der Waals surface area contributed by atoms with Crippen molar-refractivity contribution in [2.24, 2.45) is 5.73 Å². The van der Waals surface area contributed by atoms with E-state index in [0.29, 0.717) is 6.04 Å². The Morgan fingerprint density at radius 2 is 2.45 bits per heavy atom. The van der Waals surface area contributed by atoms with Crippen molar-refractivity contribution in [2.45, 2.75) is 25.3 Å². The van der Waals surface area contributed by atoms with Crippen LogP contribution in [0.2, 0.25) is 0 Å². The molecule has 0 saturated carbocycles. The quantitative estimate of drug-likeness (QED) is 0.483. The number of likely N-dealkylation sites (tertiary alicyclic amines) is 1. The number of hydrogen-bond acceptors (Lipinski definition) is 2. The molecule has 1 aliphatic rings. The van der Waals surface area contributed by atoms with Gasteiger partial charge in [-0.2, -0.15) is 0 Å². The van der Waals surface area contributed by atoms with Crippen LogP contribution in [0.5, 0.6) is 0 Å². The second-order valence-electron chi connectivity index (χ2n) is 3.28. The van der Waals surface area contributed by atoms with Crippen molar-refractivity contribution < 1.29 is 0 Å². The van der Waals surface area contributed by atoms with Crippen LogP contribution < -0.4 is 5.73 Å². The van der Waals surface area contributed by atoms with E-state index in [1.165, 1.54) is 25.9 Å². The van der Waals surface area contributed by atoms with Crippen LogP contribution in [-0.2, 0) is 0 Å². The molecule has 0 radical (unpaired) electrons. The fourth-order valence-corrected chi connectivity index (χ4v) is 1.52. The maximum atomic E-state index is 5.77. The molecule has 0 aromatic heterocycles. The smallest absolute Gasteiger partial charge is 0.0180 e. The molecule has 1 fully saturated rings. The van der Waals surface area contributed by atoms with Crippen LogP contribution in [-0.4, -0.2) is 30.6 Å². The Balaban J connectivity index is 2.03. The van der Waals surface area contributed by atoms with Crippen molar-refractivity contribution in [3.63, 3.8) is 0 Å². The van der Waals surface area contributed by atoms with E-state index in [1.54, 1.807) is 0 Å². The fraction of sp³-hybridized carbons (Fsp3) is 0.778. The maximum Gasteiger partial charge on any atom is 0.0180 e. The van der Waals surface area contributed by atoms with Crippen LogP contribution in [0.1, 0.15) is 19.3 Å². The predicted molar refractivity (Wildman–Crippen MR) is 48.5 cm³/mol. The van der Waals surface area contributed by atoms with Crippen molar-refractivity contribution in [3.05, 3.63) is 12.7 Å². The van der Waals surface area contributed by atoms with Crippen LogP contribution in [0.3, 0.4) is 0 Å². The molecule has 1 heterocycles. The van der Waals surface area contributed by atoms with Gasteiger partial charge in [0.15, 0.2) is 0 Å². The van der Waals surface area contributed by atoms with Crippen molar-refractivity contribution >= 4 is 0 Å². The maximum absolute atomic E-state index is 5.77. The van der Waals surface area contributed by atoms with Crippen LogP contribution in [0, 0.1) is 0 Å². The summed E-state index contributed by atoms with van der Waals surface area (Å²) in [4.78, 5) is 2.44. The van der Waals surface area contributed by atoms with Crippen LogP contribution in [0.15, 0.2) is 12.7 Å². The lowest BCUT2D eigenvalue weighted by Gasteiger charge is -2.13. The summed E-state index contributed by atoms with van der Waals surface area (Å²) in [7, 11) is 0. The topological polar surface area (TPSA) is 29.3 Å². The summed E-state index contributed by atoms with van der Waals surface area (Å²) in [6.07, 6.45) is 5.52. The summed E-state index contributed by atoms with van der Waals surface area (Å²) >= 11 is 0. The molecule has 2 heteroatoms. The third kappa shape index (κ3) is 3.04. The van der Waals surface area contributed by atoms with E-state index in [0.717, 1.165) is 13.0 Å². The summed E-state index contributed by atoms with van der Waals surface area (Å²) < 4.78 is 0. The van der Waals surface area contributed by atoms with Gasteiger partial charge in [0.2, 0.25) is 0 Å². The first-order chi connectivity index (χ1) is 5.33. The number of hydrogen-bond donors (Lipinski definition) is 1. The molecule has 0 spiro atoms. The highest BCUT2D eigenvalue weighted by Gasteiger charge is 2.17. The second-order valence-corrected chi connectivity index (χ2v) is 3.28. The van der Waals surface area contributed by atoms with Gasteiger partial charge in [-0.3, -0.25) is 0 Å². The summed E-state index contributed by atoms with van der Waals surface area (Å²) in [6, 6.07) is 0.429. The first kappa shape index (κ1) is 8.75. The first-order valence-corrected chi connectivity index (χ1v) is 4.42. The van der Waals surface area contributed by atoms with Crippen LogP contribution in [0.25, 0.3) is 0 Å². The number of nitrogens with zero attached hydrogens (tertiary/aromatic N) is 1. The lowest BCUT2D eigenvalue weighted by Crippen LogP contribution is -2.27. The molecule has 0 aromatic rings. The van der Waals surface area contributed by atoms with E-state index in [1.807, 2.05) is 6.08 Å². The Labute approximate surface area is 69.1 Å². The third-order valence-electron chi connectivity index (χ3n) is 2.19. The Morgan fingerprint density at radius 3 is 3.00 bits per heavy atom. The van der Waals surface area contributed by atoms with Gasteiger partial charge in [0.05, 0.1) is 0 Å². The summed E-state index contributed by atoms with van der Waals surface area (Å²) in [5.74, 6) is 0. The van der Waals surface area contributed by atoms with Crippen LogP contribution in [0.4, 0.5) is 0 Å². The molecule has 1 atom stereocenters. The molecule has 0 amide bonds. The minimum absolute atomic E-state index is 0.429. The van der Waals surface area contributed by atoms with E-state index in [2.05, 4.69) is 11.5 Å². The lowest BCUT2D eigenvalue weighted by atomic mass is 10.3. The average molecular weight is 154 g/mol. The zero-order valence-corrected chi connectivity index (χ0v) is 7.13. The molecule has 1 unspecified atom stereocenters. The van der Waals surface area contributed by atoms with Gasteiger partial charge in [0.1, 0.15) is 0 Å². The molecule has 1 rings (SSSR count). The van der Waals surface area contributed by atoms with Gasteiger partial charge in [0, 0.05) is 12.6 Å². The Bertz CT molecular complexity index is 123. The summed E-state index contributed by atoms with van der Waals surface area (Å²) in [6.45, 7) is 7.18. The van der Waals surface area contributed by atoms with Gasteiger partial charge in [-0.15, -0.1) is 6.58 Å². The van der Waals surface area contributed by atoms with Crippen molar-refractivity contribution in [3.8, 4) is 0 Å². The molecule has 0 aliphatic carbocycles. The number of unbranched alkanes of at least 4 members (excludes halogenated alkanes) is 1. The predicted octanol–water partition coefficient (Wildman–Crippen LogP) is 0.986. The van der Waals surface area contributed by atoms with E-state index in [9.17, 15) is 0 Å². The van der Waals surface area contributed by atoms with Crippen molar-refractivity contribution in [2.75, 3.05) is 19.6 Å². The third-order valence-corrected chi connectivity index (χ3v) is 2.19. The van der Waals surface area contributed by atoms with Gasteiger partial charge >= 0.3 is 0 Å². The standard InChI is InChI=1S/C9H18N2/c1-2-3-4-6-11-7-5-9(10)8-11/h2,9H,1,3-8,10H2. The molecular weight excluding hydrogens is 136 g/mol. The minimum Gasteiger partial charge on any atom is -0.326 e. The largest absolute Gasteiger partial charge is 0.326 e. The second kappa shape index (κ2) is 4.52. The van der Waals surface area contributed by atoms with Crippen molar-refractivity contribution in [1.82, 2.24) is 4.90 Å². The van der Waals surface area contributed by atoms with E-state index >= 15 is 0 Å². The Kier molecular flexibility index (Phi) is 3.60. The summed E-state index contributed by atoms with van der Waals surface area (Å²) in [5.41, 5.74) is 5.77. The molecule has 64 valence electrons. The molecule has 2 nitrogen and oxygen atoms in total. The summed E-state index contributed by atoms with van der Waals surface area (Å²) in [5, 5.41) is 0.